The van der Waals surface area contributed by atoms with Gasteiger partial charge in [0, 0.05) is 30.4 Å². The van der Waals surface area contributed by atoms with Gasteiger partial charge in [-0.25, -0.2) is 9.97 Å². The summed E-state index contributed by atoms with van der Waals surface area (Å²) in [6.45, 7) is 5.72. The number of aromatic amines is 1. The highest BCUT2D eigenvalue weighted by molar-refractivity contribution is 5.99. The van der Waals surface area contributed by atoms with Gasteiger partial charge in [0.05, 0.1) is 6.20 Å². The molecule has 0 atom stereocenters. The first kappa shape index (κ1) is 20.4. The number of aromatic nitrogens is 4. The molecule has 1 saturated carbocycles. The molecule has 1 fully saturated rings. The third kappa shape index (κ3) is 4.57. The molecule has 1 aromatic carbocycles. The van der Waals surface area contributed by atoms with Crippen LogP contribution in [-0.2, 0) is 13.0 Å². The Morgan fingerprint density at radius 1 is 1.12 bits per heavy atom. The second-order valence-electron chi connectivity index (χ2n) is 8.70. The number of nitrogens with zero attached hydrogens (tertiary/aromatic N) is 3. The molecule has 2 aliphatic rings. The molecule has 9 heteroatoms. The lowest BCUT2D eigenvalue weighted by Gasteiger charge is -2.18. The Bertz CT molecular complexity index is 1130. The number of fused-ring (bicyclic) bond motifs is 1. The number of carbonyl (C=O) groups excluding carboxylic acids is 1. The quantitative estimate of drug-likeness (QED) is 0.388. The first-order valence-corrected chi connectivity index (χ1v) is 11.1. The molecule has 1 aliphatic carbocycles. The Kier molecular flexibility index (Phi) is 5.48. The van der Waals surface area contributed by atoms with Crippen LogP contribution in [0.2, 0.25) is 0 Å². The zero-order valence-electron chi connectivity index (χ0n) is 18.3. The van der Waals surface area contributed by atoms with Gasteiger partial charge in [-0.1, -0.05) is 6.07 Å². The van der Waals surface area contributed by atoms with Crippen LogP contribution in [0, 0.1) is 0 Å². The summed E-state index contributed by atoms with van der Waals surface area (Å²) in [5.74, 6) is 2.81. The first-order valence-electron chi connectivity index (χ1n) is 11.1. The molecule has 0 radical (unpaired) electrons. The number of hydrogen-bond acceptors (Lipinski definition) is 7. The number of rotatable bonds is 7. The fraction of sp³-hybridized carbons (Fsp3) is 0.391. The van der Waals surface area contributed by atoms with Gasteiger partial charge in [-0.05, 0) is 62.9 Å². The summed E-state index contributed by atoms with van der Waals surface area (Å²) >= 11 is 0. The number of amides is 1. The third-order valence-electron chi connectivity index (χ3n) is 5.61. The topological polar surface area (TPSA) is 120 Å². The Labute approximate surface area is 186 Å². The van der Waals surface area contributed by atoms with E-state index in [2.05, 4.69) is 53.3 Å². The molecule has 3 heterocycles. The minimum Gasteiger partial charge on any atom is -0.350 e. The van der Waals surface area contributed by atoms with Crippen LogP contribution in [-0.4, -0.2) is 38.4 Å². The lowest BCUT2D eigenvalue weighted by Crippen LogP contribution is -2.31. The predicted molar refractivity (Wildman–Crippen MR) is 124 cm³/mol. The van der Waals surface area contributed by atoms with Gasteiger partial charge < -0.3 is 26.3 Å². The van der Waals surface area contributed by atoms with Gasteiger partial charge >= 0.3 is 0 Å². The Balaban J connectivity index is 1.41. The molecule has 3 aromatic rings. The van der Waals surface area contributed by atoms with E-state index in [1.807, 2.05) is 19.9 Å². The SMILES string of the molecule is CC(C)NC(=O)c1cnc(Nc2ccc3c(c2)CCNC3)nc1Nc1cnc(C2CC2)[nH]1. The largest absolute Gasteiger partial charge is 0.350 e. The summed E-state index contributed by atoms with van der Waals surface area (Å²) < 4.78 is 0. The van der Waals surface area contributed by atoms with Crippen molar-refractivity contribution in [3.8, 4) is 0 Å². The van der Waals surface area contributed by atoms with Crippen molar-refractivity contribution < 1.29 is 4.79 Å². The fourth-order valence-corrected chi connectivity index (χ4v) is 3.82. The molecule has 0 saturated heterocycles. The van der Waals surface area contributed by atoms with E-state index in [4.69, 9.17) is 0 Å². The van der Waals surface area contributed by atoms with E-state index in [0.29, 0.717) is 29.1 Å². The maximum atomic E-state index is 12.7. The number of carbonyl (C=O) groups is 1. The van der Waals surface area contributed by atoms with Gasteiger partial charge in [0.2, 0.25) is 5.95 Å². The molecule has 5 N–H and O–H groups in total. The maximum absolute atomic E-state index is 12.7. The van der Waals surface area contributed by atoms with Crippen molar-refractivity contribution in [2.75, 3.05) is 17.2 Å². The second-order valence-corrected chi connectivity index (χ2v) is 8.70. The average molecular weight is 433 g/mol. The Hall–Kier alpha value is -3.46. The van der Waals surface area contributed by atoms with Crippen molar-refractivity contribution in [3.05, 3.63) is 53.1 Å². The number of H-pyrrole nitrogens is 1. The lowest BCUT2D eigenvalue weighted by atomic mass is 10.0. The Morgan fingerprint density at radius 3 is 2.81 bits per heavy atom. The van der Waals surface area contributed by atoms with Gasteiger partial charge in [0.15, 0.2) is 0 Å². The highest BCUT2D eigenvalue weighted by atomic mass is 16.1. The Morgan fingerprint density at radius 2 is 2.00 bits per heavy atom. The standard InChI is InChI=1S/C23H28N8O/c1-13(2)27-22(32)18-11-26-23(28-17-6-5-16-10-24-8-7-15(16)9-17)31-21(18)30-19-12-25-20(29-19)14-3-4-14/h5-6,9,11-14,24H,3-4,7-8,10H2,1-2H3,(H,25,29)(H,27,32)(H2,26,28,30,31). The maximum Gasteiger partial charge on any atom is 0.256 e. The highest BCUT2D eigenvalue weighted by Gasteiger charge is 2.26. The lowest BCUT2D eigenvalue weighted by molar-refractivity contribution is 0.0943. The smallest absolute Gasteiger partial charge is 0.256 e. The fourth-order valence-electron chi connectivity index (χ4n) is 3.82. The van der Waals surface area contributed by atoms with E-state index in [-0.39, 0.29) is 11.9 Å². The zero-order chi connectivity index (χ0) is 22.1. The molecule has 0 unspecified atom stereocenters. The second kappa shape index (κ2) is 8.58. The summed E-state index contributed by atoms with van der Waals surface area (Å²) in [7, 11) is 0. The van der Waals surface area contributed by atoms with Crippen LogP contribution < -0.4 is 21.3 Å². The molecular formula is C23H28N8O. The number of hydrogen-bond donors (Lipinski definition) is 5. The van der Waals surface area contributed by atoms with Gasteiger partial charge in [0.25, 0.3) is 5.91 Å². The normalized spacial score (nSPS) is 15.3. The van der Waals surface area contributed by atoms with Gasteiger partial charge in [-0.15, -0.1) is 0 Å². The van der Waals surface area contributed by atoms with E-state index in [1.54, 1.807) is 12.4 Å². The van der Waals surface area contributed by atoms with Gasteiger partial charge in [-0.3, -0.25) is 4.79 Å². The summed E-state index contributed by atoms with van der Waals surface area (Å²) in [6.07, 6.45) is 6.61. The van der Waals surface area contributed by atoms with E-state index >= 15 is 0 Å². The van der Waals surface area contributed by atoms with Crippen molar-refractivity contribution in [1.29, 1.82) is 0 Å². The van der Waals surface area contributed by atoms with Gasteiger partial charge in [0.1, 0.15) is 23.0 Å². The van der Waals surface area contributed by atoms with Crippen LogP contribution in [0.4, 0.5) is 23.3 Å². The zero-order valence-corrected chi connectivity index (χ0v) is 18.3. The van der Waals surface area contributed by atoms with E-state index in [0.717, 1.165) is 43.9 Å². The summed E-state index contributed by atoms with van der Waals surface area (Å²) in [4.78, 5) is 29.5. The van der Waals surface area contributed by atoms with E-state index in [1.165, 1.54) is 11.1 Å². The molecule has 1 aliphatic heterocycles. The van der Waals surface area contributed by atoms with Crippen LogP contribution in [0.15, 0.2) is 30.6 Å². The van der Waals surface area contributed by atoms with Crippen molar-refractivity contribution in [2.45, 2.75) is 51.6 Å². The monoisotopic (exact) mass is 432 g/mol. The third-order valence-corrected chi connectivity index (χ3v) is 5.61. The number of anilines is 4. The molecule has 9 nitrogen and oxygen atoms in total. The van der Waals surface area contributed by atoms with Crippen LogP contribution in [0.25, 0.3) is 0 Å². The predicted octanol–water partition coefficient (Wildman–Crippen LogP) is 3.35. The summed E-state index contributed by atoms with van der Waals surface area (Å²) in [5, 5.41) is 12.8. The van der Waals surface area contributed by atoms with Gasteiger partial charge in [-0.2, -0.15) is 4.98 Å². The van der Waals surface area contributed by atoms with Crippen LogP contribution in [0.1, 0.15) is 59.9 Å². The molecule has 0 spiro atoms. The molecule has 0 bridgehead atoms. The average Bonchev–Trinajstić information content (AvgIpc) is 3.52. The number of imidazole rings is 1. The molecule has 5 rings (SSSR count). The minimum atomic E-state index is -0.225. The van der Waals surface area contributed by atoms with E-state index in [9.17, 15) is 4.79 Å². The van der Waals surface area contributed by atoms with Crippen LogP contribution in [0.3, 0.4) is 0 Å². The molecule has 166 valence electrons. The van der Waals surface area contributed by atoms with Crippen molar-refractivity contribution in [2.24, 2.45) is 0 Å². The number of nitrogens with one attached hydrogen (secondary N) is 5. The van der Waals surface area contributed by atoms with Crippen molar-refractivity contribution >= 4 is 29.2 Å². The first-order chi connectivity index (χ1) is 15.5. The van der Waals surface area contributed by atoms with Crippen molar-refractivity contribution in [3.63, 3.8) is 0 Å². The molecular weight excluding hydrogens is 404 g/mol. The molecule has 2 aromatic heterocycles. The summed E-state index contributed by atoms with van der Waals surface area (Å²) in [6, 6.07) is 6.30. The van der Waals surface area contributed by atoms with Crippen LogP contribution >= 0.6 is 0 Å². The summed E-state index contributed by atoms with van der Waals surface area (Å²) in [5.41, 5.74) is 3.94. The minimum absolute atomic E-state index is 0.00626. The number of benzene rings is 1. The molecule has 1 amide bonds. The molecule has 32 heavy (non-hydrogen) atoms. The van der Waals surface area contributed by atoms with E-state index < -0.39 is 0 Å². The highest BCUT2D eigenvalue weighted by Crippen LogP contribution is 2.38. The van der Waals surface area contributed by atoms with Crippen LogP contribution in [0.5, 0.6) is 0 Å². The van der Waals surface area contributed by atoms with Crippen molar-refractivity contribution in [1.82, 2.24) is 30.6 Å².